The number of carbonyl (C=O) groups is 1. The molecular formula is C12H11BrN4O. The number of nitrogen functional groups attached to an aromatic ring is 1. The van der Waals surface area contributed by atoms with Crippen molar-refractivity contribution < 1.29 is 4.79 Å². The molecule has 0 unspecified atom stereocenters. The fourth-order valence-corrected chi connectivity index (χ4v) is 1.77. The maximum absolute atomic E-state index is 12.1. The van der Waals surface area contributed by atoms with Gasteiger partial charge >= 0.3 is 0 Å². The molecule has 0 bridgehead atoms. The molecule has 3 N–H and O–H groups in total. The third-order valence-corrected chi connectivity index (χ3v) is 2.82. The summed E-state index contributed by atoms with van der Waals surface area (Å²) in [4.78, 5) is 20.1. The van der Waals surface area contributed by atoms with Crippen LogP contribution < -0.4 is 11.1 Å². The minimum absolute atomic E-state index is 0.192. The van der Waals surface area contributed by atoms with Crippen LogP contribution in [0.4, 0.5) is 11.5 Å². The fraction of sp³-hybridized carbons (Fsp3) is 0.0833. The van der Waals surface area contributed by atoms with E-state index in [1.54, 1.807) is 30.6 Å². The normalized spacial score (nSPS) is 10.1. The number of carbonyl (C=O) groups excluding carboxylic acids is 1. The summed E-state index contributed by atoms with van der Waals surface area (Å²) in [5.74, 6) is -0.116. The molecule has 0 aromatic carbocycles. The zero-order chi connectivity index (χ0) is 13.1. The van der Waals surface area contributed by atoms with E-state index in [1.807, 2.05) is 6.92 Å². The molecule has 0 aliphatic carbocycles. The van der Waals surface area contributed by atoms with Gasteiger partial charge in [0.15, 0.2) is 0 Å². The van der Waals surface area contributed by atoms with E-state index in [-0.39, 0.29) is 11.7 Å². The second-order valence-corrected chi connectivity index (χ2v) is 4.59. The summed E-state index contributed by atoms with van der Waals surface area (Å²) in [7, 11) is 0. The second-order valence-electron chi connectivity index (χ2n) is 3.68. The van der Waals surface area contributed by atoms with Gasteiger partial charge in [-0.1, -0.05) is 0 Å². The highest BCUT2D eigenvalue weighted by Gasteiger charge is 2.12. The number of pyridine rings is 2. The molecule has 2 heterocycles. The van der Waals surface area contributed by atoms with Gasteiger partial charge in [0.1, 0.15) is 5.82 Å². The highest BCUT2D eigenvalue weighted by Crippen LogP contribution is 2.18. The Morgan fingerprint density at radius 3 is 2.94 bits per heavy atom. The predicted octanol–water partition coefficient (Wildman–Crippen LogP) is 2.38. The van der Waals surface area contributed by atoms with Gasteiger partial charge in [0, 0.05) is 16.9 Å². The van der Waals surface area contributed by atoms with Gasteiger partial charge < -0.3 is 11.1 Å². The fourth-order valence-electron chi connectivity index (χ4n) is 1.44. The van der Waals surface area contributed by atoms with Crippen molar-refractivity contribution in [1.29, 1.82) is 0 Å². The molecule has 5 nitrogen and oxygen atoms in total. The molecule has 0 aliphatic heterocycles. The monoisotopic (exact) mass is 306 g/mol. The van der Waals surface area contributed by atoms with Crippen molar-refractivity contribution in [2.75, 3.05) is 11.1 Å². The van der Waals surface area contributed by atoms with E-state index >= 15 is 0 Å². The van der Waals surface area contributed by atoms with E-state index in [1.165, 1.54) is 0 Å². The summed E-state index contributed by atoms with van der Waals surface area (Å²) in [6, 6.07) is 5.16. The van der Waals surface area contributed by atoms with Crippen molar-refractivity contribution in [3.05, 3.63) is 46.3 Å². The summed E-state index contributed by atoms with van der Waals surface area (Å²) >= 11 is 3.25. The van der Waals surface area contributed by atoms with E-state index in [0.717, 1.165) is 5.69 Å². The van der Waals surface area contributed by atoms with Gasteiger partial charge in [0.05, 0.1) is 16.9 Å². The van der Waals surface area contributed by atoms with Crippen LogP contribution in [0.1, 0.15) is 16.1 Å². The lowest BCUT2D eigenvalue weighted by Gasteiger charge is -2.08. The predicted molar refractivity (Wildman–Crippen MR) is 73.3 cm³/mol. The molecule has 0 spiro atoms. The van der Waals surface area contributed by atoms with Gasteiger partial charge in [-0.05, 0) is 41.1 Å². The molecule has 1 amide bonds. The molecule has 0 aliphatic rings. The SMILES string of the molecule is Cc1ncccc1NC(=O)c1cc(Br)cnc1N. The molecular weight excluding hydrogens is 296 g/mol. The van der Waals surface area contributed by atoms with Crippen LogP contribution in [-0.4, -0.2) is 15.9 Å². The lowest BCUT2D eigenvalue weighted by atomic mass is 10.2. The summed E-state index contributed by atoms with van der Waals surface area (Å²) in [5.41, 5.74) is 7.40. The first-order chi connectivity index (χ1) is 8.58. The first-order valence-corrected chi connectivity index (χ1v) is 6.01. The molecule has 2 aromatic rings. The van der Waals surface area contributed by atoms with Crippen molar-refractivity contribution in [1.82, 2.24) is 9.97 Å². The zero-order valence-electron chi connectivity index (χ0n) is 9.64. The lowest BCUT2D eigenvalue weighted by molar-refractivity contribution is 0.102. The molecule has 6 heteroatoms. The van der Waals surface area contributed by atoms with E-state index in [2.05, 4.69) is 31.2 Å². The third kappa shape index (κ3) is 2.65. The van der Waals surface area contributed by atoms with Crippen LogP contribution in [0.3, 0.4) is 0 Å². The number of nitrogens with one attached hydrogen (secondary N) is 1. The van der Waals surface area contributed by atoms with E-state index in [4.69, 9.17) is 5.73 Å². The van der Waals surface area contributed by atoms with Crippen LogP contribution in [0.2, 0.25) is 0 Å². The molecule has 0 saturated heterocycles. The molecule has 0 fully saturated rings. The van der Waals surface area contributed by atoms with Crippen molar-refractivity contribution in [2.24, 2.45) is 0 Å². The Morgan fingerprint density at radius 1 is 1.44 bits per heavy atom. The van der Waals surface area contributed by atoms with Gasteiger partial charge in [-0.3, -0.25) is 9.78 Å². The lowest BCUT2D eigenvalue weighted by Crippen LogP contribution is -2.15. The number of amides is 1. The Kier molecular flexibility index (Phi) is 3.57. The van der Waals surface area contributed by atoms with Crippen LogP contribution in [-0.2, 0) is 0 Å². The molecule has 2 aromatic heterocycles. The Balaban J connectivity index is 2.28. The van der Waals surface area contributed by atoms with E-state index in [0.29, 0.717) is 15.7 Å². The molecule has 2 rings (SSSR count). The third-order valence-electron chi connectivity index (χ3n) is 2.38. The number of nitrogens with zero attached hydrogens (tertiary/aromatic N) is 2. The number of aryl methyl sites for hydroxylation is 1. The smallest absolute Gasteiger partial charge is 0.259 e. The van der Waals surface area contributed by atoms with Crippen LogP contribution in [0, 0.1) is 6.92 Å². The van der Waals surface area contributed by atoms with Gasteiger partial charge in [0.2, 0.25) is 0 Å². The van der Waals surface area contributed by atoms with Crippen LogP contribution in [0.25, 0.3) is 0 Å². The average molecular weight is 307 g/mol. The first-order valence-electron chi connectivity index (χ1n) is 5.22. The van der Waals surface area contributed by atoms with Crippen molar-refractivity contribution in [2.45, 2.75) is 6.92 Å². The average Bonchev–Trinajstić information content (AvgIpc) is 2.35. The number of aromatic nitrogens is 2. The summed E-state index contributed by atoms with van der Waals surface area (Å²) < 4.78 is 0.699. The van der Waals surface area contributed by atoms with Crippen LogP contribution in [0.5, 0.6) is 0 Å². The molecule has 0 atom stereocenters. The molecule has 0 saturated carbocycles. The van der Waals surface area contributed by atoms with Gasteiger partial charge in [0.25, 0.3) is 5.91 Å². The van der Waals surface area contributed by atoms with E-state index < -0.39 is 0 Å². The van der Waals surface area contributed by atoms with Gasteiger partial charge in [-0.2, -0.15) is 0 Å². The number of rotatable bonds is 2. The quantitative estimate of drug-likeness (QED) is 0.892. The molecule has 0 radical (unpaired) electrons. The highest BCUT2D eigenvalue weighted by atomic mass is 79.9. The molecule has 92 valence electrons. The van der Waals surface area contributed by atoms with E-state index in [9.17, 15) is 4.79 Å². The van der Waals surface area contributed by atoms with Gasteiger partial charge in [-0.25, -0.2) is 4.98 Å². The summed E-state index contributed by atoms with van der Waals surface area (Å²) in [6.45, 7) is 1.82. The number of nitrogens with two attached hydrogens (primary N) is 1. The minimum atomic E-state index is -0.308. The largest absolute Gasteiger partial charge is 0.383 e. The van der Waals surface area contributed by atoms with Crippen LogP contribution >= 0.6 is 15.9 Å². The maximum atomic E-state index is 12.1. The maximum Gasteiger partial charge on any atom is 0.259 e. The number of halogens is 1. The topological polar surface area (TPSA) is 80.9 Å². The first kappa shape index (κ1) is 12.5. The Labute approximate surface area is 113 Å². The van der Waals surface area contributed by atoms with Crippen molar-refractivity contribution >= 4 is 33.3 Å². The van der Waals surface area contributed by atoms with Gasteiger partial charge in [-0.15, -0.1) is 0 Å². The van der Waals surface area contributed by atoms with Crippen molar-refractivity contribution in [3.8, 4) is 0 Å². The van der Waals surface area contributed by atoms with Crippen molar-refractivity contribution in [3.63, 3.8) is 0 Å². The minimum Gasteiger partial charge on any atom is -0.383 e. The number of anilines is 2. The standard InChI is InChI=1S/C12H11BrN4O/c1-7-10(3-2-4-15-7)17-12(18)9-5-8(13)6-16-11(9)14/h2-6H,1H3,(H2,14,16)(H,17,18). The second kappa shape index (κ2) is 5.14. The number of hydrogen-bond acceptors (Lipinski definition) is 4. The Hall–Kier alpha value is -1.95. The summed E-state index contributed by atoms with van der Waals surface area (Å²) in [6.07, 6.45) is 3.21. The summed E-state index contributed by atoms with van der Waals surface area (Å²) in [5, 5.41) is 2.75. The van der Waals surface area contributed by atoms with Crippen LogP contribution in [0.15, 0.2) is 35.1 Å². The zero-order valence-corrected chi connectivity index (χ0v) is 11.2. The Morgan fingerprint density at radius 2 is 2.22 bits per heavy atom. The Bertz CT molecular complexity index is 600. The molecule has 18 heavy (non-hydrogen) atoms. The number of hydrogen-bond donors (Lipinski definition) is 2. The highest BCUT2D eigenvalue weighted by molar-refractivity contribution is 9.10.